The molecule has 1 amide bonds. The molecule has 2 fully saturated rings. The lowest BCUT2D eigenvalue weighted by Crippen LogP contribution is -2.47. The minimum Gasteiger partial charge on any atom is -0.342 e. The standard InChI is InChI=1S/C13H14BrNO/c14-11-4-1-3-10(9-11)13(5-6-13)12(16)15-7-2-8-15/h1,3-4,9H,2,5-8H2. The Morgan fingerprint density at radius 2 is 2.06 bits per heavy atom. The number of rotatable bonds is 2. The summed E-state index contributed by atoms with van der Waals surface area (Å²) in [4.78, 5) is 14.3. The number of hydrogen-bond acceptors (Lipinski definition) is 1. The van der Waals surface area contributed by atoms with E-state index in [0.717, 1.165) is 30.4 Å². The molecule has 1 heterocycles. The highest BCUT2D eigenvalue weighted by Gasteiger charge is 2.53. The zero-order valence-corrected chi connectivity index (χ0v) is 10.7. The number of nitrogens with zero attached hydrogens (tertiary/aromatic N) is 1. The van der Waals surface area contributed by atoms with Gasteiger partial charge < -0.3 is 4.90 Å². The second-order valence-corrected chi connectivity index (χ2v) is 5.65. The monoisotopic (exact) mass is 279 g/mol. The summed E-state index contributed by atoms with van der Waals surface area (Å²) in [6.07, 6.45) is 3.19. The summed E-state index contributed by atoms with van der Waals surface area (Å²) in [6.45, 7) is 1.91. The Kier molecular flexibility index (Phi) is 2.32. The number of hydrogen-bond donors (Lipinski definition) is 0. The summed E-state index contributed by atoms with van der Waals surface area (Å²) < 4.78 is 1.06. The fourth-order valence-corrected chi connectivity index (χ4v) is 2.76. The first kappa shape index (κ1) is 10.3. The molecule has 1 saturated heterocycles. The van der Waals surface area contributed by atoms with Crippen molar-refractivity contribution in [2.75, 3.05) is 13.1 Å². The number of benzene rings is 1. The minimum absolute atomic E-state index is 0.176. The molecule has 0 unspecified atom stereocenters. The van der Waals surface area contributed by atoms with Crippen LogP contribution in [0.25, 0.3) is 0 Å². The van der Waals surface area contributed by atoms with Gasteiger partial charge in [0, 0.05) is 17.6 Å². The third-order valence-corrected chi connectivity index (χ3v) is 4.17. The normalized spacial score (nSPS) is 21.4. The van der Waals surface area contributed by atoms with Gasteiger partial charge in [-0.25, -0.2) is 0 Å². The van der Waals surface area contributed by atoms with Crippen molar-refractivity contribution in [1.29, 1.82) is 0 Å². The van der Waals surface area contributed by atoms with Gasteiger partial charge in [-0.05, 0) is 37.0 Å². The Hall–Kier alpha value is -0.830. The van der Waals surface area contributed by atoms with Gasteiger partial charge in [-0.2, -0.15) is 0 Å². The van der Waals surface area contributed by atoms with E-state index in [4.69, 9.17) is 0 Å². The van der Waals surface area contributed by atoms with Crippen molar-refractivity contribution in [3.8, 4) is 0 Å². The highest BCUT2D eigenvalue weighted by atomic mass is 79.9. The topological polar surface area (TPSA) is 20.3 Å². The van der Waals surface area contributed by atoms with E-state index in [-0.39, 0.29) is 5.41 Å². The molecule has 3 heteroatoms. The molecule has 0 N–H and O–H groups in total. The molecule has 0 spiro atoms. The summed E-state index contributed by atoms with van der Waals surface area (Å²) in [5, 5.41) is 0. The van der Waals surface area contributed by atoms with Crippen molar-refractivity contribution < 1.29 is 4.79 Å². The summed E-state index contributed by atoms with van der Waals surface area (Å²) in [6, 6.07) is 8.19. The van der Waals surface area contributed by atoms with Crippen molar-refractivity contribution in [3.05, 3.63) is 34.3 Å². The quantitative estimate of drug-likeness (QED) is 0.815. The van der Waals surface area contributed by atoms with Crippen LogP contribution in [0, 0.1) is 0 Å². The zero-order chi connectivity index (χ0) is 11.2. The van der Waals surface area contributed by atoms with Crippen LogP contribution in [0.3, 0.4) is 0 Å². The first-order valence-electron chi connectivity index (χ1n) is 5.78. The number of halogens is 1. The third-order valence-electron chi connectivity index (χ3n) is 3.68. The summed E-state index contributed by atoms with van der Waals surface area (Å²) >= 11 is 3.47. The third kappa shape index (κ3) is 1.49. The van der Waals surface area contributed by atoms with Crippen LogP contribution in [0.5, 0.6) is 0 Å². The van der Waals surface area contributed by atoms with Crippen LogP contribution >= 0.6 is 15.9 Å². The fraction of sp³-hybridized carbons (Fsp3) is 0.462. The SMILES string of the molecule is O=C(N1CCC1)C1(c2cccc(Br)c2)CC1. The van der Waals surface area contributed by atoms with Gasteiger partial charge in [0.1, 0.15) is 0 Å². The summed E-state index contributed by atoms with van der Waals surface area (Å²) in [7, 11) is 0. The number of amides is 1. The van der Waals surface area contributed by atoms with E-state index in [0.29, 0.717) is 5.91 Å². The molecule has 2 nitrogen and oxygen atoms in total. The number of carbonyl (C=O) groups is 1. The summed E-state index contributed by atoms with van der Waals surface area (Å²) in [5.74, 6) is 0.344. The van der Waals surface area contributed by atoms with E-state index in [1.807, 2.05) is 17.0 Å². The van der Waals surface area contributed by atoms with Crippen LogP contribution in [0.1, 0.15) is 24.8 Å². The molecule has 0 atom stereocenters. The predicted molar refractivity (Wildman–Crippen MR) is 66.3 cm³/mol. The van der Waals surface area contributed by atoms with E-state index in [2.05, 4.69) is 28.1 Å². The first-order chi connectivity index (χ1) is 7.72. The van der Waals surface area contributed by atoms with Gasteiger partial charge >= 0.3 is 0 Å². The molecule has 84 valence electrons. The largest absolute Gasteiger partial charge is 0.342 e. The molecule has 1 aliphatic carbocycles. The molecule has 0 radical (unpaired) electrons. The number of carbonyl (C=O) groups excluding carboxylic acids is 1. The maximum atomic E-state index is 12.3. The van der Waals surface area contributed by atoms with Crippen LogP contribution in [0.4, 0.5) is 0 Å². The van der Waals surface area contributed by atoms with Gasteiger partial charge in [0.25, 0.3) is 0 Å². The van der Waals surface area contributed by atoms with Crippen LogP contribution in [-0.4, -0.2) is 23.9 Å². The van der Waals surface area contributed by atoms with Gasteiger partial charge in [0.15, 0.2) is 0 Å². The van der Waals surface area contributed by atoms with Crippen molar-refractivity contribution in [2.45, 2.75) is 24.7 Å². The lowest BCUT2D eigenvalue weighted by Gasteiger charge is -2.34. The van der Waals surface area contributed by atoms with Crippen LogP contribution in [0.15, 0.2) is 28.7 Å². The maximum absolute atomic E-state index is 12.3. The lowest BCUT2D eigenvalue weighted by atomic mass is 9.93. The second kappa shape index (κ2) is 3.59. The Balaban J connectivity index is 1.90. The van der Waals surface area contributed by atoms with Gasteiger partial charge in [0.2, 0.25) is 5.91 Å². The second-order valence-electron chi connectivity index (χ2n) is 4.74. The molecule has 1 aromatic rings. The van der Waals surface area contributed by atoms with Crippen molar-refractivity contribution in [1.82, 2.24) is 4.90 Å². The van der Waals surface area contributed by atoms with E-state index >= 15 is 0 Å². The zero-order valence-electron chi connectivity index (χ0n) is 9.08. The molecular formula is C13H14BrNO. The average molecular weight is 280 g/mol. The molecule has 0 bridgehead atoms. The molecular weight excluding hydrogens is 266 g/mol. The van der Waals surface area contributed by atoms with Crippen LogP contribution in [-0.2, 0) is 10.2 Å². The van der Waals surface area contributed by atoms with Gasteiger partial charge in [-0.1, -0.05) is 28.1 Å². The Morgan fingerprint density at radius 3 is 2.56 bits per heavy atom. The number of likely N-dealkylation sites (tertiary alicyclic amines) is 1. The van der Waals surface area contributed by atoms with E-state index < -0.39 is 0 Å². The molecule has 2 aliphatic rings. The molecule has 16 heavy (non-hydrogen) atoms. The molecule has 1 aromatic carbocycles. The van der Waals surface area contributed by atoms with Crippen LogP contribution < -0.4 is 0 Å². The average Bonchev–Trinajstić information content (AvgIpc) is 2.95. The molecule has 1 aliphatic heterocycles. The van der Waals surface area contributed by atoms with Crippen molar-refractivity contribution >= 4 is 21.8 Å². The highest BCUT2D eigenvalue weighted by Crippen LogP contribution is 2.50. The van der Waals surface area contributed by atoms with Crippen LogP contribution in [0.2, 0.25) is 0 Å². The van der Waals surface area contributed by atoms with Gasteiger partial charge in [-0.3, -0.25) is 4.79 Å². The van der Waals surface area contributed by atoms with Gasteiger partial charge in [-0.15, -0.1) is 0 Å². The van der Waals surface area contributed by atoms with E-state index in [1.54, 1.807) is 0 Å². The Bertz CT molecular complexity index is 435. The first-order valence-corrected chi connectivity index (χ1v) is 6.57. The highest BCUT2D eigenvalue weighted by molar-refractivity contribution is 9.10. The van der Waals surface area contributed by atoms with E-state index in [9.17, 15) is 4.79 Å². The molecule has 0 aromatic heterocycles. The van der Waals surface area contributed by atoms with E-state index in [1.165, 1.54) is 12.0 Å². The Morgan fingerprint density at radius 1 is 1.31 bits per heavy atom. The predicted octanol–water partition coefficient (Wildman–Crippen LogP) is 2.71. The lowest BCUT2D eigenvalue weighted by molar-refractivity contribution is -0.137. The fourth-order valence-electron chi connectivity index (χ4n) is 2.36. The molecule has 3 rings (SSSR count). The minimum atomic E-state index is -0.176. The van der Waals surface area contributed by atoms with Crippen molar-refractivity contribution in [3.63, 3.8) is 0 Å². The van der Waals surface area contributed by atoms with Crippen molar-refractivity contribution in [2.24, 2.45) is 0 Å². The van der Waals surface area contributed by atoms with Gasteiger partial charge in [0.05, 0.1) is 5.41 Å². The molecule has 1 saturated carbocycles. The smallest absolute Gasteiger partial charge is 0.233 e. The summed E-state index contributed by atoms with van der Waals surface area (Å²) in [5.41, 5.74) is 1.00. The maximum Gasteiger partial charge on any atom is 0.233 e. The Labute approximate surface area is 104 Å².